The highest BCUT2D eigenvalue weighted by Crippen LogP contribution is 2.29. The number of ketones is 1. The van der Waals surface area contributed by atoms with Gasteiger partial charge >= 0.3 is 0 Å². The van der Waals surface area contributed by atoms with Gasteiger partial charge in [0, 0.05) is 33.3 Å². The molecule has 0 saturated heterocycles. The van der Waals surface area contributed by atoms with E-state index in [0.29, 0.717) is 6.61 Å². The molecule has 0 aromatic heterocycles. The van der Waals surface area contributed by atoms with Gasteiger partial charge in [-0.1, -0.05) is 25.7 Å². The average molecular weight is 536 g/mol. The second-order valence-corrected chi connectivity index (χ2v) is 25.9. The van der Waals surface area contributed by atoms with Crippen molar-refractivity contribution in [3.63, 3.8) is 0 Å². The summed E-state index contributed by atoms with van der Waals surface area (Å²) in [6.45, 7) is 19.7. The second-order valence-electron chi connectivity index (χ2n) is 11.3. The predicted octanol–water partition coefficient (Wildman–Crippen LogP) is 3.17. The molecule has 0 aliphatic carbocycles. The van der Waals surface area contributed by atoms with Crippen LogP contribution in [0.3, 0.4) is 0 Å². The molecule has 0 saturated carbocycles. The third kappa shape index (κ3) is 16.1. The summed E-state index contributed by atoms with van der Waals surface area (Å²) in [5, 5.41) is 31.1. The minimum absolute atomic E-state index is 0.0619. The number of aliphatic hydroxyl groups is 3. The van der Waals surface area contributed by atoms with Gasteiger partial charge in [0.1, 0.15) is 0 Å². The summed E-state index contributed by atoms with van der Waals surface area (Å²) >= 11 is 0. The first-order valence-corrected chi connectivity index (χ1v) is 21.9. The molecule has 0 aromatic carbocycles. The SMILES string of the molecule is C=C(C)C(=O)NC(O)C(=O)CCC(O)COCCC[Si](C)(C)O[Si](C)(C)C[Si](C)(C)CCCO. The van der Waals surface area contributed by atoms with E-state index >= 15 is 0 Å². The van der Waals surface area contributed by atoms with Gasteiger partial charge in [-0.2, -0.15) is 0 Å². The molecule has 0 aliphatic rings. The van der Waals surface area contributed by atoms with Crippen molar-refractivity contribution in [1.82, 2.24) is 5.32 Å². The summed E-state index contributed by atoms with van der Waals surface area (Å²) in [5.74, 6) is -1.15. The number of Topliss-reactive ketones (excluding diaryl/α,β-unsaturated/α-hetero) is 1. The highest BCUT2D eigenvalue weighted by atomic mass is 28.4. The van der Waals surface area contributed by atoms with Gasteiger partial charge in [0.25, 0.3) is 0 Å². The number of hydrogen-bond acceptors (Lipinski definition) is 7. The molecule has 2 unspecified atom stereocenters. The van der Waals surface area contributed by atoms with Crippen LogP contribution in [0.4, 0.5) is 0 Å². The largest absolute Gasteiger partial charge is 0.456 e. The van der Waals surface area contributed by atoms with E-state index in [1.165, 1.54) is 12.6 Å². The van der Waals surface area contributed by atoms with Gasteiger partial charge in [0.05, 0.1) is 12.7 Å². The zero-order valence-electron chi connectivity index (χ0n) is 22.4. The molecule has 0 fully saturated rings. The first-order chi connectivity index (χ1) is 15.5. The molecule has 0 radical (unpaired) electrons. The lowest BCUT2D eigenvalue weighted by molar-refractivity contribution is -0.134. The molecule has 1 amide bonds. The smallest absolute Gasteiger partial charge is 0.248 e. The molecule has 0 aliphatic heterocycles. The maximum absolute atomic E-state index is 11.9. The van der Waals surface area contributed by atoms with Crippen LogP contribution in [0.1, 0.15) is 32.6 Å². The summed E-state index contributed by atoms with van der Waals surface area (Å²) in [5.41, 5.74) is 1.40. The molecular weight excluding hydrogens is 487 g/mol. The Morgan fingerprint density at radius 1 is 1.00 bits per heavy atom. The fourth-order valence-corrected chi connectivity index (χ4v) is 23.7. The van der Waals surface area contributed by atoms with Crippen molar-refractivity contribution in [1.29, 1.82) is 0 Å². The van der Waals surface area contributed by atoms with E-state index in [1.54, 1.807) is 0 Å². The van der Waals surface area contributed by atoms with Crippen molar-refractivity contribution in [3.05, 3.63) is 12.2 Å². The maximum Gasteiger partial charge on any atom is 0.248 e. The number of hydrogen-bond donors (Lipinski definition) is 4. The Morgan fingerprint density at radius 3 is 2.18 bits per heavy atom. The summed E-state index contributed by atoms with van der Waals surface area (Å²) in [6, 6.07) is 2.11. The Kier molecular flexibility index (Phi) is 15.1. The van der Waals surface area contributed by atoms with E-state index in [-0.39, 0.29) is 31.6 Å². The topological polar surface area (TPSA) is 125 Å². The number of ether oxygens (including phenoxy) is 1. The summed E-state index contributed by atoms with van der Waals surface area (Å²) in [4.78, 5) is 23.3. The Bertz CT molecular complexity index is 656. The molecule has 0 aromatic rings. The third-order valence-electron chi connectivity index (χ3n) is 5.53. The molecule has 0 heterocycles. The summed E-state index contributed by atoms with van der Waals surface area (Å²) in [7, 11) is -4.98. The number of amides is 1. The van der Waals surface area contributed by atoms with Crippen LogP contribution in [0.5, 0.6) is 0 Å². The molecule has 11 heteroatoms. The van der Waals surface area contributed by atoms with Gasteiger partial charge < -0.3 is 29.5 Å². The molecular formula is C23H49NO7Si3. The zero-order valence-corrected chi connectivity index (χ0v) is 25.4. The molecule has 200 valence electrons. The zero-order chi connectivity index (χ0) is 26.6. The lowest BCUT2D eigenvalue weighted by atomic mass is 10.1. The summed E-state index contributed by atoms with van der Waals surface area (Å²) in [6.07, 6.45) is -0.585. The number of nitrogens with one attached hydrogen (secondary N) is 1. The minimum atomic E-state index is -1.83. The van der Waals surface area contributed by atoms with E-state index in [2.05, 4.69) is 51.2 Å². The van der Waals surface area contributed by atoms with Crippen molar-refractivity contribution < 1.29 is 33.8 Å². The lowest BCUT2D eigenvalue weighted by Gasteiger charge is -2.38. The van der Waals surface area contributed by atoms with E-state index in [4.69, 9.17) is 14.0 Å². The average Bonchev–Trinajstić information content (AvgIpc) is 2.68. The normalized spacial score (nSPS) is 14.5. The van der Waals surface area contributed by atoms with Crippen molar-refractivity contribution >= 4 is 36.4 Å². The van der Waals surface area contributed by atoms with Gasteiger partial charge in [0.15, 0.2) is 28.6 Å². The molecule has 2 atom stereocenters. The van der Waals surface area contributed by atoms with Crippen molar-refractivity contribution in [2.24, 2.45) is 0 Å². The Balaban J connectivity index is 4.23. The van der Waals surface area contributed by atoms with Crippen molar-refractivity contribution in [3.8, 4) is 0 Å². The van der Waals surface area contributed by atoms with Gasteiger partial charge in [-0.15, -0.1) is 0 Å². The quantitative estimate of drug-likeness (QED) is 0.0866. The minimum Gasteiger partial charge on any atom is -0.456 e. The van der Waals surface area contributed by atoms with Crippen LogP contribution in [-0.4, -0.2) is 83.9 Å². The van der Waals surface area contributed by atoms with Crippen molar-refractivity contribution in [2.75, 3.05) is 19.8 Å². The highest BCUT2D eigenvalue weighted by molar-refractivity contribution is 6.96. The molecule has 34 heavy (non-hydrogen) atoms. The van der Waals surface area contributed by atoms with Crippen molar-refractivity contribution in [2.45, 2.75) is 102 Å². The number of carbonyl (C=O) groups excluding carboxylic acids is 2. The van der Waals surface area contributed by atoms with Gasteiger partial charge in [0.2, 0.25) is 5.91 Å². The van der Waals surface area contributed by atoms with Gasteiger partial charge in [-0.25, -0.2) is 0 Å². The maximum atomic E-state index is 11.9. The van der Waals surface area contributed by atoms with Gasteiger partial charge in [-0.05, 0) is 64.1 Å². The van der Waals surface area contributed by atoms with E-state index in [9.17, 15) is 19.8 Å². The predicted molar refractivity (Wildman–Crippen MR) is 144 cm³/mol. The Morgan fingerprint density at radius 2 is 1.62 bits per heavy atom. The molecule has 0 bridgehead atoms. The third-order valence-corrected chi connectivity index (χ3v) is 20.5. The fraction of sp³-hybridized carbons (Fsp3) is 0.826. The van der Waals surface area contributed by atoms with Crippen LogP contribution in [0.15, 0.2) is 12.2 Å². The van der Waals surface area contributed by atoms with E-state index < -0.39 is 48.7 Å². The Hall–Kier alpha value is -0.669. The van der Waals surface area contributed by atoms with Crippen LogP contribution >= 0.6 is 0 Å². The van der Waals surface area contributed by atoms with Gasteiger partial charge in [-0.3, -0.25) is 9.59 Å². The van der Waals surface area contributed by atoms with Crippen LogP contribution in [0, 0.1) is 0 Å². The van der Waals surface area contributed by atoms with Crippen LogP contribution in [0.25, 0.3) is 0 Å². The Labute approximate surface area is 209 Å². The second kappa shape index (κ2) is 15.4. The number of rotatable bonds is 19. The number of aliphatic hydroxyl groups excluding tert-OH is 3. The fourth-order valence-electron chi connectivity index (χ4n) is 4.31. The molecule has 8 nitrogen and oxygen atoms in total. The lowest BCUT2D eigenvalue weighted by Crippen LogP contribution is -2.49. The molecule has 0 spiro atoms. The van der Waals surface area contributed by atoms with Crippen LogP contribution in [0.2, 0.25) is 57.0 Å². The number of carbonyl (C=O) groups is 2. The van der Waals surface area contributed by atoms with Crippen LogP contribution in [-0.2, 0) is 18.4 Å². The molecule has 0 rings (SSSR count). The highest BCUT2D eigenvalue weighted by Gasteiger charge is 2.37. The first kappa shape index (κ1) is 33.3. The van der Waals surface area contributed by atoms with E-state index in [1.807, 2.05) is 0 Å². The standard InChI is InChI=1S/C23H49NO7Si3/c1-19(2)22(28)24-23(29)21(27)12-11-20(26)17-30-14-10-16-33(5,6)31-34(7,8)18-32(3,4)15-9-13-25/h20,23,25-26,29H,1,9-18H2,2-8H3,(H,24,28). The first-order valence-electron chi connectivity index (χ1n) is 12.2. The van der Waals surface area contributed by atoms with E-state index in [0.717, 1.165) is 24.9 Å². The molecule has 4 N–H and O–H groups in total. The monoisotopic (exact) mass is 535 g/mol. The van der Waals surface area contributed by atoms with Crippen LogP contribution < -0.4 is 5.32 Å². The summed E-state index contributed by atoms with van der Waals surface area (Å²) < 4.78 is 12.3.